The average Bonchev–Trinajstić information content (AvgIpc) is 1.53. The van der Waals surface area contributed by atoms with Gasteiger partial charge in [-0.15, -0.1) is 11.8 Å². The highest BCUT2D eigenvalue weighted by atomic mass is 32.2. The number of hydrogen-bond donors (Lipinski definition) is 16. The number of ketones is 7. The minimum absolute atomic E-state index is 0.0191. The lowest BCUT2D eigenvalue weighted by atomic mass is 9.89. The molecule has 4 heterocycles. The van der Waals surface area contributed by atoms with Gasteiger partial charge < -0.3 is 92.8 Å². The van der Waals surface area contributed by atoms with Gasteiger partial charge in [-0.2, -0.15) is 0 Å². The van der Waals surface area contributed by atoms with Crippen molar-refractivity contribution in [3.63, 3.8) is 0 Å². The molecule has 0 radical (unpaired) electrons. The van der Waals surface area contributed by atoms with Crippen LogP contribution in [0.4, 0.5) is 0 Å². The number of Topliss-reactive ketones (excluding diaryl/α,β-unsaturated/α-hetero) is 7. The fourth-order valence-corrected chi connectivity index (χ4v) is 15.6. The second kappa shape index (κ2) is 47.4. The number of carboxylic acids is 3. The number of fused-ring (bicyclic) bond motifs is 2. The molecule has 2 aromatic carbocycles. The molecule has 3 aliphatic rings. The number of aromatic nitrogens is 4. The normalized spacial score (nSPS) is 16.1. The number of aromatic carboxylic acids is 1. The molecular weight excluding hydrogens is 1710 g/mol. The van der Waals surface area contributed by atoms with Crippen molar-refractivity contribution in [1.82, 2.24) is 62.1 Å². The van der Waals surface area contributed by atoms with Gasteiger partial charge in [0.25, 0.3) is 5.91 Å². The summed E-state index contributed by atoms with van der Waals surface area (Å²) in [4.78, 5) is 295. The zero-order valence-electron chi connectivity index (χ0n) is 72.3. The van der Waals surface area contributed by atoms with Crippen molar-refractivity contribution >= 4 is 140 Å². The third kappa shape index (κ3) is 29.9. The van der Waals surface area contributed by atoms with E-state index in [0.29, 0.717) is 5.39 Å². The van der Waals surface area contributed by atoms with Gasteiger partial charge >= 0.3 is 17.9 Å². The number of amides is 10. The number of hydrogen-bond acceptors (Lipinski definition) is 28. The number of imide groups is 1. The van der Waals surface area contributed by atoms with Crippen molar-refractivity contribution in [2.75, 3.05) is 18.8 Å². The number of phenolic OH excluding ortho intramolecular Hbond substituents is 1. The topological polar surface area (TPSA) is 664 Å². The number of aliphatic hydroxyl groups excluding tert-OH is 2. The van der Waals surface area contributed by atoms with E-state index in [4.69, 9.17) is 10.2 Å². The van der Waals surface area contributed by atoms with E-state index in [1.807, 2.05) is 0 Å². The van der Waals surface area contributed by atoms with Crippen molar-refractivity contribution in [2.24, 2.45) is 47.2 Å². The van der Waals surface area contributed by atoms with Gasteiger partial charge in [0.1, 0.15) is 22.9 Å². The molecule has 2 aliphatic heterocycles. The first-order valence-corrected chi connectivity index (χ1v) is 42.6. The molecule has 0 saturated carbocycles. The zero-order chi connectivity index (χ0) is 95.7. The number of nitrogens with zero attached hydrogens (tertiary/aromatic N) is 3. The van der Waals surface area contributed by atoms with E-state index in [1.54, 1.807) is 0 Å². The van der Waals surface area contributed by atoms with Crippen LogP contribution in [0.15, 0.2) is 88.9 Å². The predicted octanol–water partition coefficient (Wildman–Crippen LogP) is 1.54. The van der Waals surface area contributed by atoms with Crippen LogP contribution >= 0.6 is 11.8 Å². The summed E-state index contributed by atoms with van der Waals surface area (Å²) in [6, 6.07) is 3.15. The van der Waals surface area contributed by atoms with Crippen LogP contribution < -0.4 is 48.4 Å². The van der Waals surface area contributed by atoms with Gasteiger partial charge in [-0.05, 0) is 109 Å². The maximum atomic E-state index is 14.6. The highest BCUT2D eigenvalue weighted by Crippen LogP contribution is 2.43. The molecule has 42 heteroatoms. The first-order chi connectivity index (χ1) is 60.7. The summed E-state index contributed by atoms with van der Waals surface area (Å²) < 4.78 is 5.92. The lowest BCUT2D eigenvalue weighted by molar-refractivity contribution is -0.139. The van der Waals surface area contributed by atoms with E-state index < -0.39 is 288 Å². The number of aromatic hydroxyl groups is 1. The third-order valence-corrected chi connectivity index (χ3v) is 23.4. The summed E-state index contributed by atoms with van der Waals surface area (Å²) in [7, 11) is 0. The molecule has 1 unspecified atom stereocenters. The number of likely N-dealkylation sites (tertiary alicyclic amines) is 1. The largest absolute Gasteiger partial charge is 0.508 e. The van der Waals surface area contributed by atoms with Crippen LogP contribution in [0.3, 0.4) is 0 Å². The second-order valence-corrected chi connectivity index (χ2v) is 33.6. The van der Waals surface area contributed by atoms with Gasteiger partial charge in [0.15, 0.2) is 40.1 Å². The molecule has 10 amide bonds. The van der Waals surface area contributed by atoms with Crippen molar-refractivity contribution in [2.45, 2.75) is 206 Å². The number of nitrogens with two attached hydrogens (primary N) is 1. The molecule has 0 bridgehead atoms. The van der Waals surface area contributed by atoms with Crippen LogP contribution in [-0.4, -0.2) is 245 Å². The number of nitrogens with one attached hydrogen (secondary N) is 9. The van der Waals surface area contributed by atoms with Crippen LogP contribution in [0.1, 0.15) is 171 Å². The number of benzene rings is 3. The van der Waals surface area contributed by atoms with Crippen molar-refractivity contribution in [3.8, 4) is 28.2 Å². The van der Waals surface area contributed by atoms with E-state index in [9.17, 15) is 131 Å². The van der Waals surface area contributed by atoms with Crippen LogP contribution in [0.25, 0.3) is 33.4 Å². The molecule has 1 saturated heterocycles. The molecule has 7 rings (SSSR count). The number of primary amides is 1. The molecule has 17 N–H and O–H groups in total. The Morgan fingerprint density at radius 3 is 1.53 bits per heavy atom. The van der Waals surface area contributed by atoms with Gasteiger partial charge in [0.05, 0.1) is 101 Å². The van der Waals surface area contributed by atoms with Crippen LogP contribution in [0, 0.1) is 41.4 Å². The van der Waals surface area contributed by atoms with Gasteiger partial charge in [-0.25, -0.2) is 14.8 Å². The van der Waals surface area contributed by atoms with Crippen LogP contribution in [-0.2, 0) is 99.1 Å². The number of phenols is 1. The number of carbonyl (C=O) groups is 20. The fourth-order valence-electron chi connectivity index (χ4n) is 14.3. The lowest BCUT2D eigenvalue weighted by Crippen LogP contribution is -2.49. The Balaban J connectivity index is 1.01. The number of imidazole rings is 2. The van der Waals surface area contributed by atoms with Crippen molar-refractivity contribution in [1.29, 1.82) is 0 Å². The monoisotopic (exact) mass is 1810 g/mol. The minimum atomic E-state index is -1.54. The molecule has 41 nitrogen and oxygen atoms in total. The summed E-state index contributed by atoms with van der Waals surface area (Å²) in [5.74, 6) is -27.7. The number of thioether (sulfide) groups is 1. The maximum Gasteiger partial charge on any atom is 0.336 e. The van der Waals surface area contributed by atoms with Gasteiger partial charge in [-0.1, -0.05) is 13.8 Å². The number of carboxylic acid groups (broad SMARTS) is 3. The van der Waals surface area contributed by atoms with Crippen molar-refractivity contribution < 1.29 is 131 Å². The van der Waals surface area contributed by atoms with E-state index in [1.165, 1.54) is 142 Å². The molecule has 1 fully saturated rings. The number of aliphatic carboxylic acids is 2. The van der Waals surface area contributed by atoms with Gasteiger partial charge in [0, 0.05) is 166 Å². The Kier molecular flexibility index (Phi) is 37.8. The number of aliphatic hydroxyl groups is 2. The molecule has 2 aromatic heterocycles. The van der Waals surface area contributed by atoms with E-state index >= 15 is 0 Å². The van der Waals surface area contributed by atoms with Crippen molar-refractivity contribution in [3.05, 3.63) is 112 Å². The standard InChI is InChI=1S/C87H107N13O28S/c1-40(80(119)95-46(7)68(109)32-60(47(8)102)85(124)99-63(28-53-35-89-38-92-53)69(110)26-49(78(88)117)11-18-75(113)114)22-65(106)43(4)96-83(122)52(37-129-73-34-74(112)100(86(73)125)21-20-91-81(120)51-10-15-57(87(126)127)62(25-51)77-58-16-13-55(104)30-71(58)128-72-31-56(105)14-17-59(72)77)27-67(108)45(6)94-79(118)41(2)23-66(107)44(5)97-84(123)61(48(9)103)33-70(111)64(29-54-36-90-39-93-54)98-82(121)50(24-42(3)101)12-19-76(115)116/h10,13-17,25,30-31,35-36,38-41,43-50,52,60-61,63-64,73,102-104H,11-12,18-24,26-29,32-34,37H2,1-9H3,(H2,88,117)(H,89,92)(H,90,93)(H,91,120)(H,94,118)(H,95,119)(H,96,122)(H,97,123)(H,98,121)(H,99,124)(H,113,114)(H,115,116)(H,126,127)/t40-,41-,43+,44+,45+,46+,47-,48-,49-,50-,52+,60+,61+,63+,64+,73?/m0/s1. The van der Waals surface area contributed by atoms with Gasteiger partial charge in [0.2, 0.25) is 53.2 Å². The number of H-pyrrole nitrogens is 2. The molecule has 16 atom stereocenters. The van der Waals surface area contributed by atoms with E-state index in [2.05, 4.69) is 57.2 Å². The van der Waals surface area contributed by atoms with Gasteiger partial charge in [-0.3, -0.25) is 96.0 Å². The SMILES string of the molecule is CC(=O)C[C@H](CCC(=O)O)C(=O)N[C@H](Cc1c[nH]cn1)C(=O)C[C@@H](C(=O)N[C@H](C)C(=O)C[C@H](C)C(=O)N[C@H](C)C(=O)C[C@H](CSC1CC(=O)N(CCNC(=O)c2ccc(C(=O)O)c(-c3c4ccc(=O)cc-4oc4cc(O)ccc34)c2)C1=O)C(=O)N[C@H](C)C(=O)C[C@H](C)C(=O)N[C@H](C)C(=O)C[C@@H](C(=O)N[C@H](Cc1c[nH]cn1)C(=O)C[C@H](CCC(=O)O)C(N)=O)[C@H](C)O)[C@H](C)O. The average molecular weight is 1810 g/mol. The molecule has 694 valence electrons. The maximum absolute atomic E-state index is 14.6. The number of rotatable bonds is 54. The predicted molar refractivity (Wildman–Crippen MR) is 457 cm³/mol. The summed E-state index contributed by atoms with van der Waals surface area (Å²) >= 11 is 0.778. The zero-order valence-corrected chi connectivity index (χ0v) is 73.1. The first kappa shape index (κ1) is 103. The van der Waals surface area contributed by atoms with E-state index in [-0.39, 0.29) is 94.9 Å². The Labute approximate surface area is 742 Å². The smallest absolute Gasteiger partial charge is 0.336 e. The Bertz CT molecular complexity index is 5240. The highest BCUT2D eigenvalue weighted by molar-refractivity contribution is 8.00. The molecule has 0 spiro atoms. The number of carbonyl (C=O) groups excluding carboxylic acids is 17. The minimum Gasteiger partial charge on any atom is -0.508 e. The summed E-state index contributed by atoms with van der Waals surface area (Å²) in [6.07, 6.45) is -4.31. The first-order valence-electron chi connectivity index (χ1n) is 41.6. The Morgan fingerprint density at radius 1 is 0.543 bits per heavy atom. The summed E-state index contributed by atoms with van der Waals surface area (Å²) in [5, 5.41) is 77.5. The highest BCUT2D eigenvalue weighted by Gasteiger charge is 2.42. The van der Waals surface area contributed by atoms with E-state index in [0.717, 1.165) is 16.7 Å². The Morgan fingerprint density at radius 2 is 1.02 bits per heavy atom. The number of aromatic amines is 2. The molecular formula is C87H107N13O28S. The molecule has 1 aliphatic carbocycles. The van der Waals surface area contributed by atoms with Crippen LogP contribution in [0.5, 0.6) is 5.75 Å². The summed E-state index contributed by atoms with van der Waals surface area (Å²) in [6.45, 7) is 10.5. The summed E-state index contributed by atoms with van der Waals surface area (Å²) in [5.41, 5.74) is 5.89. The fraction of sp³-hybridized carbons (Fsp3) is 0.483. The van der Waals surface area contributed by atoms with Crippen LogP contribution in [0.2, 0.25) is 0 Å². The Hall–Kier alpha value is -13.4. The second-order valence-electron chi connectivity index (χ2n) is 32.4. The molecule has 4 aromatic rings. The lowest BCUT2D eigenvalue weighted by Gasteiger charge is -2.25. The quantitative estimate of drug-likeness (QED) is 0.0190. The molecule has 129 heavy (non-hydrogen) atoms. The third-order valence-electron chi connectivity index (χ3n) is 22.1.